The zero-order valence-corrected chi connectivity index (χ0v) is 14.9. The molecular weight excluding hydrogens is 318 g/mol. The van der Waals surface area contributed by atoms with Gasteiger partial charge in [0.2, 0.25) is 5.91 Å². The molecule has 0 radical (unpaired) electrons. The first-order valence-electron chi connectivity index (χ1n) is 8.59. The van der Waals surface area contributed by atoms with Crippen LogP contribution >= 0.6 is 0 Å². The van der Waals surface area contributed by atoms with E-state index in [2.05, 4.69) is 6.07 Å². The Morgan fingerprint density at radius 3 is 2.92 bits per heavy atom. The van der Waals surface area contributed by atoms with Crippen molar-refractivity contribution in [3.8, 4) is 17.0 Å². The second-order valence-corrected chi connectivity index (χ2v) is 6.87. The summed E-state index contributed by atoms with van der Waals surface area (Å²) in [5.41, 5.74) is 4.68. The Bertz CT molecular complexity index is 814. The van der Waals surface area contributed by atoms with Gasteiger partial charge in [0, 0.05) is 50.0 Å². The summed E-state index contributed by atoms with van der Waals surface area (Å²) in [6.45, 7) is 1.71. The summed E-state index contributed by atoms with van der Waals surface area (Å²) >= 11 is 0. The molecule has 1 amide bonds. The van der Waals surface area contributed by atoms with E-state index in [-0.39, 0.29) is 12.5 Å². The van der Waals surface area contributed by atoms with Crippen molar-refractivity contribution >= 4 is 5.91 Å². The number of aromatic nitrogens is 2. The molecule has 25 heavy (non-hydrogen) atoms. The number of hydrogen-bond acceptors (Lipinski definition) is 4. The summed E-state index contributed by atoms with van der Waals surface area (Å²) in [7, 11) is 5.25. The van der Waals surface area contributed by atoms with Crippen LogP contribution in [0.4, 0.5) is 0 Å². The highest BCUT2D eigenvalue weighted by atomic mass is 16.5. The Hall–Kier alpha value is -2.34. The van der Waals surface area contributed by atoms with Crippen LogP contribution in [-0.4, -0.2) is 54.5 Å². The van der Waals surface area contributed by atoms with Gasteiger partial charge < -0.3 is 14.4 Å². The van der Waals surface area contributed by atoms with E-state index in [4.69, 9.17) is 14.6 Å². The van der Waals surface area contributed by atoms with Crippen molar-refractivity contribution in [1.82, 2.24) is 14.7 Å². The van der Waals surface area contributed by atoms with Crippen LogP contribution in [0.1, 0.15) is 17.2 Å². The van der Waals surface area contributed by atoms with E-state index in [1.807, 2.05) is 34.8 Å². The zero-order valence-electron chi connectivity index (χ0n) is 14.9. The smallest absolute Gasteiger partial charge is 0.248 e. The number of methoxy groups -OCH3 is 2. The van der Waals surface area contributed by atoms with Gasteiger partial charge in [-0.2, -0.15) is 5.10 Å². The lowest BCUT2D eigenvalue weighted by atomic mass is 9.94. The highest BCUT2D eigenvalue weighted by molar-refractivity contribution is 5.78. The average Bonchev–Trinajstić information content (AvgIpc) is 3.26. The van der Waals surface area contributed by atoms with Gasteiger partial charge in [-0.25, -0.2) is 0 Å². The van der Waals surface area contributed by atoms with E-state index in [0.29, 0.717) is 11.8 Å². The number of amides is 1. The molecule has 6 heteroatoms. The van der Waals surface area contributed by atoms with Gasteiger partial charge in [-0.05, 0) is 24.5 Å². The Morgan fingerprint density at radius 2 is 2.16 bits per heavy atom. The molecule has 2 atom stereocenters. The lowest BCUT2D eigenvalue weighted by molar-refractivity contribution is -0.134. The van der Waals surface area contributed by atoms with Gasteiger partial charge in [-0.1, -0.05) is 12.1 Å². The molecule has 1 aromatic heterocycles. The van der Waals surface area contributed by atoms with Crippen molar-refractivity contribution in [2.45, 2.75) is 12.3 Å². The van der Waals surface area contributed by atoms with Crippen molar-refractivity contribution in [2.75, 3.05) is 33.9 Å². The fraction of sp³-hybridized carbons (Fsp3) is 0.474. The summed E-state index contributed by atoms with van der Waals surface area (Å²) in [6, 6.07) is 8.03. The number of likely N-dealkylation sites (tertiary alicyclic amines) is 1. The van der Waals surface area contributed by atoms with Gasteiger partial charge in [-0.15, -0.1) is 0 Å². The first kappa shape index (κ1) is 16.1. The number of rotatable bonds is 4. The van der Waals surface area contributed by atoms with Crippen LogP contribution in [0.25, 0.3) is 11.3 Å². The molecule has 1 fully saturated rings. The summed E-state index contributed by atoms with van der Waals surface area (Å²) < 4.78 is 12.4. The third-order valence-electron chi connectivity index (χ3n) is 5.44. The SMILES string of the molecule is COCC(=O)N1C[C@@H]2Cc3c(c(-c4cccc(OC)c4)nn3C)[C@@H]2C1. The van der Waals surface area contributed by atoms with Crippen molar-refractivity contribution in [3.05, 3.63) is 35.5 Å². The van der Waals surface area contributed by atoms with Gasteiger partial charge in [0.15, 0.2) is 0 Å². The summed E-state index contributed by atoms with van der Waals surface area (Å²) in [4.78, 5) is 14.1. The molecule has 0 saturated carbocycles. The molecule has 1 aliphatic carbocycles. The van der Waals surface area contributed by atoms with Crippen molar-refractivity contribution in [3.63, 3.8) is 0 Å². The van der Waals surface area contributed by atoms with Crippen LogP contribution in [-0.2, 0) is 23.0 Å². The first-order valence-corrected chi connectivity index (χ1v) is 8.59. The maximum atomic E-state index is 12.2. The average molecular weight is 341 g/mol. The normalized spacial score (nSPS) is 21.3. The molecule has 2 heterocycles. The van der Waals surface area contributed by atoms with Crippen LogP contribution in [0.15, 0.2) is 24.3 Å². The monoisotopic (exact) mass is 341 g/mol. The number of carbonyl (C=O) groups excluding carboxylic acids is 1. The third kappa shape index (κ3) is 2.61. The maximum absolute atomic E-state index is 12.2. The Kier molecular flexibility index (Phi) is 4.00. The van der Waals surface area contributed by atoms with Crippen LogP contribution in [0, 0.1) is 5.92 Å². The minimum absolute atomic E-state index is 0.0743. The number of hydrogen-bond donors (Lipinski definition) is 0. The molecule has 2 aromatic rings. The number of fused-ring (bicyclic) bond motifs is 3. The van der Waals surface area contributed by atoms with Gasteiger partial charge in [0.1, 0.15) is 12.4 Å². The van der Waals surface area contributed by atoms with Crippen LogP contribution in [0.5, 0.6) is 5.75 Å². The Labute approximate surface area is 147 Å². The molecule has 0 bridgehead atoms. The Morgan fingerprint density at radius 1 is 1.32 bits per heavy atom. The van der Waals surface area contributed by atoms with Crippen molar-refractivity contribution in [1.29, 1.82) is 0 Å². The van der Waals surface area contributed by atoms with E-state index in [0.717, 1.165) is 36.5 Å². The summed E-state index contributed by atoms with van der Waals surface area (Å²) in [5.74, 6) is 1.73. The fourth-order valence-corrected chi connectivity index (χ4v) is 4.26. The van der Waals surface area contributed by atoms with Gasteiger partial charge in [0.05, 0.1) is 12.8 Å². The second-order valence-electron chi connectivity index (χ2n) is 6.87. The number of benzene rings is 1. The lowest BCUT2D eigenvalue weighted by Gasteiger charge is -2.16. The molecule has 1 saturated heterocycles. The third-order valence-corrected chi connectivity index (χ3v) is 5.44. The predicted octanol–water partition coefficient (Wildman–Crippen LogP) is 1.84. The number of carbonyl (C=O) groups is 1. The molecule has 132 valence electrons. The van der Waals surface area contributed by atoms with Crippen LogP contribution in [0.2, 0.25) is 0 Å². The quantitative estimate of drug-likeness (QED) is 0.851. The number of ether oxygens (including phenoxy) is 2. The fourth-order valence-electron chi connectivity index (χ4n) is 4.26. The molecule has 1 aromatic carbocycles. The van der Waals surface area contributed by atoms with Crippen molar-refractivity contribution < 1.29 is 14.3 Å². The Balaban J connectivity index is 1.69. The predicted molar refractivity (Wildman–Crippen MR) is 93.6 cm³/mol. The number of aryl methyl sites for hydroxylation is 1. The lowest BCUT2D eigenvalue weighted by Crippen LogP contribution is -2.32. The van der Waals surface area contributed by atoms with Crippen LogP contribution < -0.4 is 4.74 Å². The topological polar surface area (TPSA) is 56.6 Å². The summed E-state index contributed by atoms with van der Waals surface area (Å²) in [6.07, 6.45) is 0.976. The van der Waals surface area contributed by atoms with E-state index >= 15 is 0 Å². The van der Waals surface area contributed by atoms with Gasteiger partial charge >= 0.3 is 0 Å². The molecule has 6 nitrogen and oxygen atoms in total. The first-order chi connectivity index (χ1) is 12.1. The number of nitrogens with zero attached hydrogens (tertiary/aromatic N) is 3. The molecule has 0 unspecified atom stereocenters. The summed E-state index contributed by atoms with van der Waals surface area (Å²) in [5, 5.41) is 4.78. The molecule has 0 N–H and O–H groups in total. The largest absolute Gasteiger partial charge is 0.497 e. The van der Waals surface area contributed by atoms with Crippen molar-refractivity contribution in [2.24, 2.45) is 13.0 Å². The minimum atomic E-state index is 0.0743. The highest BCUT2D eigenvalue weighted by Crippen LogP contribution is 2.47. The molecule has 4 rings (SSSR count). The van der Waals surface area contributed by atoms with Gasteiger partial charge in [0.25, 0.3) is 0 Å². The molecule has 0 spiro atoms. The molecular formula is C19H23N3O3. The van der Waals surface area contributed by atoms with E-state index in [1.54, 1.807) is 14.2 Å². The molecule has 2 aliphatic rings. The molecule has 1 aliphatic heterocycles. The van der Waals surface area contributed by atoms with E-state index in [1.165, 1.54) is 11.3 Å². The minimum Gasteiger partial charge on any atom is -0.497 e. The highest BCUT2D eigenvalue weighted by Gasteiger charge is 2.45. The van der Waals surface area contributed by atoms with E-state index < -0.39 is 0 Å². The maximum Gasteiger partial charge on any atom is 0.248 e. The van der Waals surface area contributed by atoms with Crippen LogP contribution in [0.3, 0.4) is 0 Å². The second kappa shape index (κ2) is 6.19. The van der Waals surface area contributed by atoms with Gasteiger partial charge in [-0.3, -0.25) is 9.48 Å². The standard InChI is InChI=1S/C19H23N3O3/c1-21-16-8-13-9-22(17(23)11-24-2)10-15(13)18(16)19(20-21)12-5-4-6-14(7-12)25-3/h4-7,13,15H,8-11H2,1-3H3/t13-,15+/m0/s1. The zero-order chi connectivity index (χ0) is 17.6. The van der Waals surface area contributed by atoms with E-state index in [9.17, 15) is 4.79 Å².